The standard InChI is InChI=1S/C19H26N4O4/c1-13(21-19(27)16-8-5-9-23(16)17(25)11-20)18(26)22-15(12-24)10-14-6-3-2-4-7-14/h2-4,6-7,12-13,15-16H,5,8-11,20H2,1H3,(H,21,27)(H,22,26)/t13-,15-,16-/m0/s1. The van der Waals surface area contributed by atoms with E-state index >= 15 is 0 Å². The third kappa shape index (κ3) is 5.62. The van der Waals surface area contributed by atoms with Crippen molar-refractivity contribution in [2.75, 3.05) is 13.1 Å². The number of rotatable bonds is 8. The van der Waals surface area contributed by atoms with Crippen LogP contribution in [0.2, 0.25) is 0 Å². The highest BCUT2D eigenvalue weighted by molar-refractivity contribution is 5.93. The molecule has 0 bridgehead atoms. The van der Waals surface area contributed by atoms with Crippen molar-refractivity contribution >= 4 is 24.0 Å². The summed E-state index contributed by atoms with van der Waals surface area (Å²) in [5.74, 6) is -1.12. The fraction of sp³-hybridized carbons (Fsp3) is 0.474. The van der Waals surface area contributed by atoms with Crippen molar-refractivity contribution in [1.82, 2.24) is 15.5 Å². The van der Waals surface area contributed by atoms with Crippen molar-refractivity contribution in [2.45, 2.75) is 44.3 Å². The van der Waals surface area contributed by atoms with Crippen molar-refractivity contribution in [3.63, 3.8) is 0 Å². The number of hydrogen-bond acceptors (Lipinski definition) is 5. The van der Waals surface area contributed by atoms with E-state index in [0.29, 0.717) is 32.1 Å². The van der Waals surface area contributed by atoms with Crippen LogP contribution in [0.4, 0.5) is 0 Å². The van der Waals surface area contributed by atoms with Gasteiger partial charge in [0.1, 0.15) is 18.4 Å². The summed E-state index contributed by atoms with van der Waals surface area (Å²) in [4.78, 5) is 49.3. The molecule has 1 saturated heterocycles. The number of likely N-dealkylation sites (tertiary alicyclic amines) is 1. The molecular formula is C19H26N4O4. The summed E-state index contributed by atoms with van der Waals surface area (Å²) in [5, 5.41) is 5.26. The average molecular weight is 374 g/mol. The highest BCUT2D eigenvalue weighted by Gasteiger charge is 2.34. The van der Waals surface area contributed by atoms with Crippen molar-refractivity contribution in [2.24, 2.45) is 5.73 Å². The number of aldehydes is 1. The maximum absolute atomic E-state index is 12.4. The molecule has 3 amide bonds. The molecule has 8 heteroatoms. The normalized spacial score (nSPS) is 18.4. The van der Waals surface area contributed by atoms with Crippen LogP contribution in [0, 0.1) is 0 Å². The second-order valence-electron chi connectivity index (χ2n) is 6.62. The fourth-order valence-electron chi connectivity index (χ4n) is 3.14. The summed E-state index contributed by atoms with van der Waals surface area (Å²) >= 11 is 0. The first-order valence-electron chi connectivity index (χ1n) is 9.05. The molecule has 0 saturated carbocycles. The average Bonchev–Trinajstić information content (AvgIpc) is 3.17. The van der Waals surface area contributed by atoms with E-state index in [4.69, 9.17) is 5.73 Å². The van der Waals surface area contributed by atoms with Gasteiger partial charge in [-0.2, -0.15) is 0 Å². The van der Waals surface area contributed by atoms with Crippen LogP contribution >= 0.6 is 0 Å². The Morgan fingerprint density at radius 1 is 1.26 bits per heavy atom. The van der Waals surface area contributed by atoms with Gasteiger partial charge in [0, 0.05) is 6.54 Å². The van der Waals surface area contributed by atoms with Gasteiger partial charge in [0.15, 0.2) is 0 Å². The Hall–Kier alpha value is -2.74. The molecule has 1 heterocycles. The largest absolute Gasteiger partial charge is 0.344 e. The molecule has 146 valence electrons. The Kier molecular flexibility index (Phi) is 7.48. The first kappa shape index (κ1) is 20.6. The van der Waals surface area contributed by atoms with Crippen LogP contribution in [0.3, 0.4) is 0 Å². The van der Waals surface area contributed by atoms with Crippen LogP contribution in [-0.4, -0.2) is 60.1 Å². The first-order chi connectivity index (χ1) is 13.0. The molecule has 0 radical (unpaired) electrons. The Labute approximate surface area is 158 Å². The second kappa shape index (κ2) is 9.82. The van der Waals surface area contributed by atoms with E-state index in [9.17, 15) is 19.2 Å². The zero-order chi connectivity index (χ0) is 19.8. The lowest BCUT2D eigenvalue weighted by Crippen LogP contribution is -2.54. The van der Waals surface area contributed by atoms with E-state index in [1.807, 2.05) is 30.3 Å². The van der Waals surface area contributed by atoms with Crippen molar-refractivity contribution in [3.05, 3.63) is 35.9 Å². The SMILES string of the molecule is C[C@H](NC(=O)[C@@H]1CCCN1C(=O)CN)C(=O)N[C@H](C=O)Cc1ccccc1. The van der Waals surface area contributed by atoms with Crippen LogP contribution in [0.5, 0.6) is 0 Å². The summed E-state index contributed by atoms with van der Waals surface area (Å²) in [6.45, 7) is 1.88. The lowest BCUT2D eigenvalue weighted by atomic mass is 10.1. The van der Waals surface area contributed by atoms with Gasteiger partial charge in [0.2, 0.25) is 17.7 Å². The molecule has 0 spiro atoms. The van der Waals surface area contributed by atoms with Crippen molar-refractivity contribution in [3.8, 4) is 0 Å². The van der Waals surface area contributed by atoms with Crippen LogP contribution < -0.4 is 16.4 Å². The lowest BCUT2D eigenvalue weighted by molar-refractivity contribution is -0.138. The summed E-state index contributed by atoms with van der Waals surface area (Å²) in [5.41, 5.74) is 6.30. The Morgan fingerprint density at radius 2 is 1.96 bits per heavy atom. The molecule has 0 aliphatic carbocycles. The molecule has 1 aliphatic heterocycles. The third-order valence-electron chi connectivity index (χ3n) is 4.59. The molecule has 4 N–H and O–H groups in total. The van der Waals surface area contributed by atoms with E-state index in [0.717, 1.165) is 5.56 Å². The van der Waals surface area contributed by atoms with Gasteiger partial charge in [0.25, 0.3) is 0 Å². The monoisotopic (exact) mass is 374 g/mol. The van der Waals surface area contributed by atoms with Crippen LogP contribution in [0.25, 0.3) is 0 Å². The first-order valence-corrected chi connectivity index (χ1v) is 9.05. The zero-order valence-electron chi connectivity index (χ0n) is 15.4. The minimum absolute atomic E-state index is 0.152. The highest BCUT2D eigenvalue weighted by atomic mass is 16.2. The Balaban J connectivity index is 1.89. The van der Waals surface area contributed by atoms with E-state index in [1.165, 1.54) is 4.90 Å². The number of nitrogens with two attached hydrogens (primary N) is 1. The minimum atomic E-state index is -0.828. The minimum Gasteiger partial charge on any atom is -0.344 e. The van der Waals surface area contributed by atoms with E-state index in [2.05, 4.69) is 10.6 Å². The van der Waals surface area contributed by atoms with E-state index < -0.39 is 24.0 Å². The Bertz CT molecular complexity index is 680. The summed E-state index contributed by atoms with van der Waals surface area (Å²) < 4.78 is 0. The van der Waals surface area contributed by atoms with Gasteiger partial charge in [-0.3, -0.25) is 14.4 Å². The van der Waals surface area contributed by atoms with Crippen LogP contribution in [0.1, 0.15) is 25.3 Å². The third-order valence-corrected chi connectivity index (χ3v) is 4.59. The maximum Gasteiger partial charge on any atom is 0.243 e. The molecule has 1 fully saturated rings. The topological polar surface area (TPSA) is 122 Å². The molecule has 27 heavy (non-hydrogen) atoms. The molecule has 8 nitrogen and oxygen atoms in total. The maximum atomic E-state index is 12.4. The molecule has 3 atom stereocenters. The van der Waals surface area contributed by atoms with Gasteiger partial charge < -0.3 is 26.1 Å². The van der Waals surface area contributed by atoms with E-state index in [1.54, 1.807) is 6.92 Å². The van der Waals surface area contributed by atoms with Crippen LogP contribution in [0.15, 0.2) is 30.3 Å². The number of carbonyl (C=O) groups is 4. The number of hydrogen-bond donors (Lipinski definition) is 3. The smallest absolute Gasteiger partial charge is 0.243 e. The number of nitrogens with zero attached hydrogens (tertiary/aromatic N) is 1. The van der Waals surface area contributed by atoms with Gasteiger partial charge in [0.05, 0.1) is 12.6 Å². The summed E-state index contributed by atoms with van der Waals surface area (Å²) in [7, 11) is 0. The van der Waals surface area contributed by atoms with Crippen molar-refractivity contribution < 1.29 is 19.2 Å². The zero-order valence-corrected chi connectivity index (χ0v) is 15.4. The van der Waals surface area contributed by atoms with Gasteiger partial charge >= 0.3 is 0 Å². The lowest BCUT2D eigenvalue weighted by Gasteiger charge is -2.25. The fourth-order valence-corrected chi connectivity index (χ4v) is 3.14. The molecule has 1 aromatic carbocycles. The number of amides is 3. The number of benzene rings is 1. The Morgan fingerprint density at radius 3 is 2.59 bits per heavy atom. The summed E-state index contributed by atoms with van der Waals surface area (Å²) in [6.07, 6.45) is 2.31. The van der Waals surface area contributed by atoms with Gasteiger partial charge in [-0.1, -0.05) is 30.3 Å². The quantitative estimate of drug-likeness (QED) is 0.523. The van der Waals surface area contributed by atoms with Crippen molar-refractivity contribution in [1.29, 1.82) is 0 Å². The second-order valence-corrected chi connectivity index (χ2v) is 6.62. The van der Waals surface area contributed by atoms with Gasteiger partial charge in [-0.15, -0.1) is 0 Å². The number of carbonyl (C=O) groups excluding carboxylic acids is 4. The van der Waals surface area contributed by atoms with Gasteiger partial charge in [-0.05, 0) is 31.7 Å². The summed E-state index contributed by atoms with van der Waals surface area (Å²) in [6, 6.07) is 7.22. The molecule has 2 rings (SSSR count). The highest BCUT2D eigenvalue weighted by Crippen LogP contribution is 2.17. The van der Waals surface area contributed by atoms with Gasteiger partial charge in [-0.25, -0.2) is 0 Å². The molecule has 0 unspecified atom stereocenters. The predicted molar refractivity (Wildman–Crippen MR) is 99.5 cm³/mol. The number of nitrogens with one attached hydrogen (secondary N) is 2. The molecule has 1 aliphatic rings. The molecule has 1 aromatic rings. The molecular weight excluding hydrogens is 348 g/mol. The van der Waals surface area contributed by atoms with Crippen LogP contribution in [-0.2, 0) is 25.6 Å². The van der Waals surface area contributed by atoms with E-state index in [-0.39, 0.29) is 18.4 Å². The molecule has 0 aromatic heterocycles. The predicted octanol–water partition coefficient (Wildman–Crippen LogP) is -0.633.